The summed E-state index contributed by atoms with van der Waals surface area (Å²) in [6, 6.07) is 10.1. The highest BCUT2D eigenvalue weighted by atomic mass is 32.1. The third-order valence-corrected chi connectivity index (χ3v) is 4.39. The molecule has 0 atom stereocenters. The molecule has 1 N–H and O–H groups in total. The number of nitrogens with one attached hydrogen (secondary N) is 1. The van der Waals surface area contributed by atoms with Crippen molar-refractivity contribution >= 4 is 22.9 Å². The van der Waals surface area contributed by atoms with Gasteiger partial charge in [0.1, 0.15) is 9.88 Å². The zero-order valence-electron chi connectivity index (χ0n) is 13.3. The average molecular weight is 340 g/mol. The molecular weight excluding hydrogens is 324 g/mol. The molecule has 6 nitrogen and oxygen atoms in total. The van der Waals surface area contributed by atoms with Gasteiger partial charge >= 0.3 is 6.01 Å². The predicted molar refractivity (Wildman–Crippen MR) is 93.4 cm³/mol. The zero-order valence-corrected chi connectivity index (χ0v) is 14.1. The molecule has 0 aliphatic heterocycles. The third-order valence-electron chi connectivity index (χ3n) is 3.18. The van der Waals surface area contributed by atoms with Crippen molar-refractivity contribution in [2.45, 2.75) is 13.8 Å². The van der Waals surface area contributed by atoms with Crippen molar-refractivity contribution in [1.82, 2.24) is 15.0 Å². The zero-order chi connectivity index (χ0) is 16.9. The number of rotatable bonds is 5. The van der Waals surface area contributed by atoms with E-state index in [1.165, 1.54) is 23.7 Å². The third kappa shape index (κ3) is 3.57. The van der Waals surface area contributed by atoms with Gasteiger partial charge in [0.2, 0.25) is 0 Å². The van der Waals surface area contributed by atoms with E-state index in [4.69, 9.17) is 4.74 Å². The van der Waals surface area contributed by atoms with Gasteiger partial charge in [-0.2, -0.15) is 0 Å². The molecule has 0 bridgehead atoms. The van der Waals surface area contributed by atoms with Gasteiger partial charge in [-0.15, -0.1) is 11.3 Å². The van der Waals surface area contributed by atoms with Gasteiger partial charge < -0.3 is 10.1 Å². The molecule has 7 heteroatoms. The minimum Gasteiger partial charge on any atom is -0.464 e. The van der Waals surface area contributed by atoms with Crippen molar-refractivity contribution in [2.75, 3.05) is 11.9 Å². The fourth-order valence-electron chi connectivity index (χ4n) is 2.08. The lowest BCUT2D eigenvalue weighted by Gasteiger charge is -2.04. The van der Waals surface area contributed by atoms with Crippen LogP contribution in [0.3, 0.4) is 0 Å². The van der Waals surface area contributed by atoms with Crippen LogP contribution in [0, 0.1) is 6.92 Å². The number of hydrogen-bond donors (Lipinski definition) is 1. The number of hydrogen-bond acceptors (Lipinski definition) is 6. The summed E-state index contributed by atoms with van der Waals surface area (Å²) in [5.74, 6) is -0.222. The van der Waals surface area contributed by atoms with Gasteiger partial charge in [-0.25, -0.2) is 15.0 Å². The largest absolute Gasteiger partial charge is 0.464 e. The normalized spacial score (nSPS) is 10.4. The molecule has 24 heavy (non-hydrogen) atoms. The Bertz CT molecular complexity index is 832. The van der Waals surface area contributed by atoms with E-state index in [1.807, 2.05) is 44.2 Å². The van der Waals surface area contributed by atoms with E-state index >= 15 is 0 Å². The minimum absolute atomic E-state index is 0.222. The Hall–Kier alpha value is -2.80. The van der Waals surface area contributed by atoms with Crippen molar-refractivity contribution < 1.29 is 9.53 Å². The topological polar surface area (TPSA) is 77.0 Å². The van der Waals surface area contributed by atoms with Crippen LogP contribution in [0.25, 0.3) is 10.6 Å². The van der Waals surface area contributed by atoms with Gasteiger partial charge in [0.05, 0.1) is 30.4 Å². The number of ether oxygens (including phenoxy) is 1. The Morgan fingerprint density at radius 1 is 1.21 bits per heavy atom. The minimum atomic E-state index is -0.222. The van der Waals surface area contributed by atoms with Gasteiger partial charge in [-0.1, -0.05) is 30.3 Å². The Kier molecular flexibility index (Phi) is 4.81. The highest BCUT2D eigenvalue weighted by Crippen LogP contribution is 2.28. The Morgan fingerprint density at radius 2 is 1.92 bits per heavy atom. The van der Waals surface area contributed by atoms with E-state index in [0.29, 0.717) is 22.9 Å². The van der Waals surface area contributed by atoms with Gasteiger partial charge in [-0.05, 0) is 13.8 Å². The molecule has 3 aromatic rings. The molecule has 122 valence electrons. The number of amides is 1. The maximum atomic E-state index is 12.5. The first-order valence-electron chi connectivity index (χ1n) is 7.46. The number of carbonyl (C=O) groups excluding carboxylic acids is 1. The van der Waals surface area contributed by atoms with Crippen LogP contribution in [0.2, 0.25) is 0 Å². The fourth-order valence-corrected chi connectivity index (χ4v) is 3.05. The van der Waals surface area contributed by atoms with Crippen molar-refractivity contribution in [3.8, 4) is 16.6 Å². The van der Waals surface area contributed by atoms with Crippen molar-refractivity contribution in [1.29, 1.82) is 0 Å². The molecule has 2 aromatic heterocycles. The average Bonchev–Trinajstić information content (AvgIpc) is 3.00. The Balaban J connectivity index is 1.76. The number of nitrogens with zero attached hydrogens (tertiary/aromatic N) is 3. The van der Waals surface area contributed by atoms with Crippen molar-refractivity contribution in [3.63, 3.8) is 0 Å². The fraction of sp³-hybridized carbons (Fsp3) is 0.176. The first-order valence-corrected chi connectivity index (χ1v) is 8.28. The Morgan fingerprint density at radius 3 is 2.58 bits per heavy atom. The monoisotopic (exact) mass is 340 g/mol. The molecule has 0 unspecified atom stereocenters. The molecular formula is C17H16N4O2S. The van der Waals surface area contributed by atoms with E-state index in [1.54, 1.807) is 0 Å². The van der Waals surface area contributed by atoms with Crippen LogP contribution < -0.4 is 10.1 Å². The molecule has 0 fully saturated rings. The summed E-state index contributed by atoms with van der Waals surface area (Å²) < 4.78 is 5.18. The Labute approximate surface area is 143 Å². The molecule has 0 saturated heterocycles. The smallest absolute Gasteiger partial charge is 0.316 e. The van der Waals surface area contributed by atoms with Gasteiger partial charge in [0.15, 0.2) is 0 Å². The quantitative estimate of drug-likeness (QED) is 0.768. The number of carbonyl (C=O) groups is 1. The number of aromatic nitrogens is 3. The summed E-state index contributed by atoms with van der Waals surface area (Å²) in [5.41, 5.74) is 2.20. The van der Waals surface area contributed by atoms with E-state index in [0.717, 1.165) is 10.6 Å². The van der Waals surface area contributed by atoms with Gasteiger partial charge in [-0.3, -0.25) is 4.79 Å². The van der Waals surface area contributed by atoms with Crippen molar-refractivity contribution in [3.05, 3.63) is 53.3 Å². The number of anilines is 1. The molecule has 1 aromatic carbocycles. The standard InChI is InChI=1S/C17H16N4O2S/c1-3-23-17-18-9-13(10-19-17)21-15(22)14-11(2)20-16(24-14)12-7-5-4-6-8-12/h4-10H,3H2,1-2H3,(H,21,22). The van der Waals surface area contributed by atoms with Crippen LogP contribution in [-0.2, 0) is 0 Å². The number of benzene rings is 1. The molecule has 0 saturated carbocycles. The first-order chi connectivity index (χ1) is 11.7. The number of thiazole rings is 1. The SMILES string of the molecule is CCOc1ncc(NC(=O)c2sc(-c3ccccc3)nc2C)cn1. The molecule has 0 spiro atoms. The lowest BCUT2D eigenvalue weighted by Crippen LogP contribution is -2.12. The maximum absolute atomic E-state index is 12.5. The molecule has 3 rings (SSSR count). The van der Waals surface area contributed by atoms with Crippen molar-refractivity contribution in [2.24, 2.45) is 0 Å². The number of aryl methyl sites for hydroxylation is 1. The lowest BCUT2D eigenvalue weighted by molar-refractivity contribution is 0.102. The molecule has 2 heterocycles. The second-order valence-corrected chi connectivity index (χ2v) is 5.94. The molecule has 0 aliphatic carbocycles. The first kappa shape index (κ1) is 16.1. The van der Waals surface area contributed by atoms with Crippen LogP contribution in [0.1, 0.15) is 22.3 Å². The second kappa shape index (κ2) is 7.18. The van der Waals surface area contributed by atoms with Gasteiger partial charge in [0, 0.05) is 5.56 Å². The van der Waals surface area contributed by atoms with Crippen LogP contribution in [0.15, 0.2) is 42.7 Å². The summed E-state index contributed by atoms with van der Waals surface area (Å²) in [7, 11) is 0. The lowest BCUT2D eigenvalue weighted by atomic mass is 10.2. The summed E-state index contributed by atoms with van der Waals surface area (Å²) in [4.78, 5) is 25.6. The highest BCUT2D eigenvalue weighted by molar-refractivity contribution is 7.17. The molecule has 0 aliphatic rings. The van der Waals surface area contributed by atoms with E-state index in [2.05, 4.69) is 20.3 Å². The second-order valence-electron chi connectivity index (χ2n) is 4.94. The molecule has 1 amide bonds. The van der Waals surface area contributed by atoms with Crippen LogP contribution in [0.5, 0.6) is 6.01 Å². The maximum Gasteiger partial charge on any atom is 0.316 e. The molecule has 0 radical (unpaired) electrons. The van der Waals surface area contributed by atoms with E-state index < -0.39 is 0 Å². The van der Waals surface area contributed by atoms with E-state index in [-0.39, 0.29) is 11.9 Å². The highest BCUT2D eigenvalue weighted by Gasteiger charge is 2.16. The van der Waals surface area contributed by atoms with E-state index in [9.17, 15) is 4.79 Å². The van der Waals surface area contributed by atoms with Crippen LogP contribution in [0.4, 0.5) is 5.69 Å². The summed E-state index contributed by atoms with van der Waals surface area (Å²) in [6.45, 7) is 4.18. The predicted octanol–water partition coefficient (Wildman–Crippen LogP) is 3.56. The summed E-state index contributed by atoms with van der Waals surface area (Å²) in [5, 5.41) is 3.60. The summed E-state index contributed by atoms with van der Waals surface area (Å²) >= 11 is 1.36. The van der Waals surface area contributed by atoms with Crippen LogP contribution in [-0.4, -0.2) is 27.5 Å². The van der Waals surface area contributed by atoms with Crippen LogP contribution >= 0.6 is 11.3 Å². The summed E-state index contributed by atoms with van der Waals surface area (Å²) in [6.07, 6.45) is 3.04. The van der Waals surface area contributed by atoms with Gasteiger partial charge in [0.25, 0.3) is 5.91 Å².